The van der Waals surface area contributed by atoms with Gasteiger partial charge in [0.1, 0.15) is 16.7 Å². The predicted molar refractivity (Wildman–Crippen MR) is 258 cm³/mol. The minimum atomic E-state index is -0.263. The Morgan fingerprint density at radius 3 is 1.76 bits per heavy atom. The van der Waals surface area contributed by atoms with Crippen LogP contribution in [-0.4, -0.2) is 13.4 Å². The third-order valence-electron chi connectivity index (χ3n) is 13.5. The SMILES string of the molecule is c1ccc2c(c1)Oc1ccccc1N2c1ccc(B2c3oc4ccc5occc5c4c3B(c3cc4ccc5cccc6ccc(c3)c4c56)c3oc4ccc5sccc5c4c32)cc1. The van der Waals surface area contributed by atoms with Crippen LogP contribution in [0.1, 0.15) is 0 Å². The summed E-state index contributed by atoms with van der Waals surface area (Å²) in [6, 6.07) is 58.7. The lowest BCUT2D eigenvalue weighted by atomic mass is 9.23. The summed E-state index contributed by atoms with van der Waals surface area (Å²) in [6.45, 7) is -0.525. The lowest BCUT2D eigenvalue weighted by Crippen LogP contribution is -2.73. The van der Waals surface area contributed by atoms with Gasteiger partial charge in [-0.15, -0.1) is 11.3 Å². The molecule has 8 heteroatoms. The molecule has 0 amide bonds. The molecule has 0 saturated carbocycles. The summed E-state index contributed by atoms with van der Waals surface area (Å²) in [5.74, 6) is 1.65. The molecule has 0 aliphatic carbocycles. The molecule has 0 unspecified atom stereocenters. The van der Waals surface area contributed by atoms with Gasteiger partial charge in [0.2, 0.25) is 0 Å². The Balaban J connectivity index is 1.01. The van der Waals surface area contributed by atoms with E-state index in [2.05, 4.69) is 144 Å². The van der Waals surface area contributed by atoms with Gasteiger partial charge in [-0.25, -0.2) is 0 Å². The molecule has 9 aromatic carbocycles. The van der Waals surface area contributed by atoms with Crippen molar-refractivity contribution in [2.75, 3.05) is 4.90 Å². The number of ether oxygens (including phenoxy) is 1. The van der Waals surface area contributed by atoms with E-state index in [1.54, 1.807) is 17.6 Å². The zero-order valence-corrected chi connectivity index (χ0v) is 33.7. The van der Waals surface area contributed by atoms with Crippen LogP contribution in [0.4, 0.5) is 17.1 Å². The van der Waals surface area contributed by atoms with Gasteiger partial charge in [0.25, 0.3) is 13.4 Å². The normalized spacial score (nSPS) is 13.5. The summed E-state index contributed by atoms with van der Waals surface area (Å²) in [5.41, 5.74) is 12.0. The molecule has 0 radical (unpaired) electrons. The Labute approximate surface area is 358 Å². The quantitative estimate of drug-likeness (QED) is 0.131. The molecule has 0 spiro atoms. The standard InChI is InChI=1S/C54H29B2NO4S/c1-3-10-42-39(8-1)57(40-9-2-4-11-43(40)59-42)36-18-16-34(17-19-36)55-52-50-38-25-27-62-46(38)23-22-45(50)61-54(52)56(51-49-37-24-26-58-41(37)20-21-44(49)60-53(51)55)35-28-32-14-12-30-6-5-7-31-13-15-33(29-35)48(32)47(30)31/h1-29H. The van der Waals surface area contributed by atoms with Crippen LogP contribution in [0.2, 0.25) is 0 Å². The van der Waals surface area contributed by atoms with E-state index in [-0.39, 0.29) is 13.4 Å². The Bertz CT molecular complexity index is 3890. The topological polar surface area (TPSA) is 51.9 Å². The first-order valence-electron chi connectivity index (χ1n) is 21.0. The van der Waals surface area contributed by atoms with E-state index in [9.17, 15) is 0 Å². The Hall–Kier alpha value is -7.67. The van der Waals surface area contributed by atoms with Crippen LogP contribution in [0.25, 0.3) is 75.3 Å². The highest BCUT2D eigenvalue weighted by atomic mass is 32.1. The molecule has 4 aromatic heterocycles. The number of benzene rings is 9. The lowest BCUT2D eigenvalue weighted by molar-refractivity contribution is 0.477. The van der Waals surface area contributed by atoms with Crippen molar-refractivity contribution in [2.24, 2.45) is 0 Å². The van der Waals surface area contributed by atoms with Gasteiger partial charge in [0, 0.05) is 31.9 Å². The average molecular weight is 810 g/mol. The van der Waals surface area contributed by atoms with Gasteiger partial charge in [-0.05, 0) is 121 Å². The third-order valence-corrected chi connectivity index (χ3v) is 14.4. The summed E-state index contributed by atoms with van der Waals surface area (Å²) in [4.78, 5) is 2.29. The van der Waals surface area contributed by atoms with Crippen molar-refractivity contribution >= 4 is 150 Å². The minimum Gasteiger partial charge on any atom is -0.471 e. The van der Waals surface area contributed by atoms with Crippen LogP contribution in [-0.2, 0) is 0 Å². The number of nitrogens with zero attached hydrogens (tertiary/aromatic N) is 1. The molecule has 13 aromatic rings. The smallest absolute Gasteiger partial charge is 0.290 e. The molecule has 0 atom stereocenters. The fourth-order valence-electron chi connectivity index (χ4n) is 11.0. The minimum absolute atomic E-state index is 0.262. The van der Waals surface area contributed by atoms with Crippen LogP contribution < -0.4 is 42.8 Å². The van der Waals surface area contributed by atoms with E-state index in [1.165, 1.54) is 47.9 Å². The van der Waals surface area contributed by atoms with E-state index in [0.717, 1.165) is 89.2 Å². The first-order chi connectivity index (χ1) is 30.7. The lowest BCUT2D eigenvalue weighted by Gasteiger charge is -2.33. The second-order valence-corrected chi connectivity index (χ2v) is 17.6. The number of furan rings is 3. The second kappa shape index (κ2) is 12.0. The molecule has 5 nitrogen and oxygen atoms in total. The van der Waals surface area contributed by atoms with Crippen LogP contribution in [0.5, 0.6) is 11.5 Å². The number of hydrogen-bond acceptors (Lipinski definition) is 6. The van der Waals surface area contributed by atoms with E-state index >= 15 is 0 Å². The van der Waals surface area contributed by atoms with Gasteiger partial charge in [0.05, 0.1) is 29.0 Å². The molecule has 2 aliphatic heterocycles. The Morgan fingerprint density at radius 2 is 1.05 bits per heavy atom. The highest BCUT2D eigenvalue weighted by Crippen LogP contribution is 2.50. The van der Waals surface area contributed by atoms with Crippen LogP contribution in [0, 0.1) is 0 Å². The highest BCUT2D eigenvalue weighted by Gasteiger charge is 2.47. The van der Waals surface area contributed by atoms with Gasteiger partial charge in [-0.3, -0.25) is 0 Å². The first-order valence-corrected chi connectivity index (χ1v) is 21.9. The van der Waals surface area contributed by atoms with Gasteiger partial charge < -0.3 is 22.9 Å². The van der Waals surface area contributed by atoms with Crippen LogP contribution >= 0.6 is 11.3 Å². The summed E-state index contributed by atoms with van der Waals surface area (Å²) < 4.78 is 28.3. The molecule has 6 heterocycles. The Kier molecular flexibility index (Phi) is 6.40. The fourth-order valence-corrected chi connectivity index (χ4v) is 11.8. The van der Waals surface area contributed by atoms with E-state index in [0.29, 0.717) is 0 Å². The maximum atomic E-state index is 7.32. The van der Waals surface area contributed by atoms with Crippen molar-refractivity contribution in [1.82, 2.24) is 0 Å². The van der Waals surface area contributed by atoms with Crippen molar-refractivity contribution in [2.45, 2.75) is 0 Å². The molecule has 0 N–H and O–H groups in total. The van der Waals surface area contributed by atoms with E-state index < -0.39 is 0 Å². The maximum Gasteiger partial charge on any atom is 0.290 e. The molecular formula is C54H29B2NO4S. The van der Waals surface area contributed by atoms with Gasteiger partial charge in [0.15, 0.2) is 11.5 Å². The maximum absolute atomic E-state index is 7.32. The van der Waals surface area contributed by atoms with Gasteiger partial charge >= 0.3 is 0 Å². The number of rotatable bonds is 3. The first kappa shape index (κ1) is 33.1. The largest absolute Gasteiger partial charge is 0.471 e. The molecule has 286 valence electrons. The molecular weight excluding hydrogens is 780 g/mol. The molecule has 2 aliphatic rings. The van der Waals surface area contributed by atoms with Crippen molar-refractivity contribution < 1.29 is 18.0 Å². The molecule has 0 bridgehead atoms. The van der Waals surface area contributed by atoms with Crippen molar-refractivity contribution in [3.63, 3.8) is 0 Å². The number of hydrogen-bond donors (Lipinski definition) is 0. The van der Waals surface area contributed by atoms with Crippen LogP contribution in [0.15, 0.2) is 189 Å². The summed E-state index contributed by atoms with van der Waals surface area (Å²) in [6.07, 6.45) is 1.78. The van der Waals surface area contributed by atoms with Gasteiger partial charge in [-0.1, -0.05) is 102 Å². The summed E-state index contributed by atoms with van der Waals surface area (Å²) in [5, 5.41) is 14.2. The number of para-hydroxylation sites is 4. The Morgan fingerprint density at radius 1 is 0.452 bits per heavy atom. The van der Waals surface area contributed by atoms with Crippen molar-refractivity contribution in [1.29, 1.82) is 0 Å². The number of fused-ring (bicyclic) bond motifs is 12. The van der Waals surface area contributed by atoms with Crippen LogP contribution in [0.3, 0.4) is 0 Å². The fraction of sp³-hybridized carbons (Fsp3) is 0. The zero-order chi connectivity index (χ0) is 40.2. The average Bonchev–Trinajstić information content (AvgIpc) is 4.14. The summed E-state index contributed by atoms with van der Waals surface area (Å²) >= 11 is 1.76. The second-order valence-electron chi connectivity index (χ2n) is 16.7. The third kappa shape index (κ3) is 4.34. The van der Waals surface area contributed by atoms with Crippen molar-refractivity contribution in [3.05, 3.63) is 175 Å². The molecule has 62 heavy (non-hydrogen) atoms. The monoisotopic (exact) mass is 809 g/mol. The van der Waals surface area contributed by atoms with E-state index in [4.69, 9.17) is 18.0 Å². The molecule has 0 saturated heterocycles. The zero-order valence-electron chi connectivity index (χ0n) is 32.9. The molecule has 0 fully saturated rings. The predicted octanol–water partition coefficient (Wildman–Crippen LogP) is 11.0. The highest BCUT2D eigenvalue weighted by molar-refractivity contribution is 7.17. The van der Waals surface area contributed by atoms with Gasteiger partial charge in [-0.2, -0.15) is 0 Å². The van der Waals surface area contributed by atoms with Crippen molar-refractivity contribution in [3.8, 4) is 11.5 Å². The number of anilines is 3. The number of thiophene rings is 1. The molecule has 15 rings (SSSR count). The van der Waals surface area contributed by atoms with E-state index in [1.807, 2.05) is 30.3 Å². The summed E-state index contributed by atoms with van der Waals surface area (Å²) in [7, 11) is 0.